The van der Waals surface area contributed by atoms with Crippen molar-refractivity contribution in [2.45, 2.75) is 13.8 Å². The Balaban J connectivity index is 1.69. The highest BCUT2D eigenvalue weighted by Crippen LogP contribution is 2.24. The first-order valence-electron chi connectivity index (χ1n) is 8.29. The van der Waals surface area contributed by atoms with E-state index in [-0.39, 0.29) is 11.7 Å². The molecule has 3 N–H and O–H groups in total. The first-order chi connectivity index (χ1) is 13.0. The molecule has 0 fully saturated rings. The number of nitrogen functional groups attached to an aromatic ring is 1. The number of benzene rings is 2. The molecular weight excluding hydrogens is 340 g/mol. The average Bonchev–Trinajstić information content (AvgIpc) is 2.67. The predicted octanol–water partition coefficient (Wildman–Crippen LogP) is 4.20. The molecule has 134 valence electrons. The van der Waals surface area contributed by atoms with Crippen LogP contribution in [0, 0.1) is 25.2 Å². The van der Waals surface area contributed by atoms with Gasteiger partial charge in [-0.15, -0.1) is 0 Å². The standard InChI is InChI=1S/C21H18N4O2/c1-13-11-19(20(23)24-14(13)2)21(26)25-16-5-9-18(10-6-16)27-17-7-3-15(12-22)4-8-17/h3-11H,1-2H3,(H2,23,24)(H,25,26). The lowest BCUT2D eigenvalue weighted by Crippen LogP contribution is -2.15. The zero-order chi connectivity index (χ0) is 19.4. The maximum atomic E-state index is 12.4. The van der Waals surface area contributed by atoms with Gasteiger partial charge in [0, 0.05) is 11.4 Å². The number of ether oxygens (including phenoxy) is 1. The predicted molar refractivity (Wildman–Crippen MR) is 104 cm³/mol. The zero-order valence-electron chi connectivity index (χ0n) is 15.0. The molecule has 0 unspecified atom stereocenters. The number of aryl methyl sites for hydroxylation is 2. The largest absolute Gasteiger partial charge is 0.457 e. The summed E-state index contributed by atoms with van der Waals surface area (Å²) in [5.74, 6) is 1.13. The highest BCUT2D eigenvalue weighted by Gasteiger charge is 2.13. The van der Waals surface area contributed by atoms with Gasteiger partial charge in [0.05, 0.1) is 17.2 Å². The summed E-state index contributed by atoms with van der Waals surface area (Å²) in [6, 6.07) is 17.6. The number of hydrogen-bond acceptors (Lipinski definition) is 5. The Morgan fingerprint density at radius 2 is 1.67 bits per heavy atom. The number of hydrogen-bond donors (Lipinski definition) is 2. The third kappa shape index (κ3) is 4.22. The molecule has 1 heterocycles. The van der Waals surface area contributed by atoms with Crippen LogP contribution in [0.5, 0.6) is 11.5 Å². The van der Waals surface area contributed by atoms with Gasteiger partial charge in [-0.1, -0.05) is 0 Å². The molecule has 0 atom stereocenters. The van der Waals surface area contributed by atoms with Crippen molar-refractivity contribution < 1.29 is 9.53 Å². The van der Waals surface area contributed by atoms with E-state index < -0.39 is 0 Å². The third-order valence-electron chi connectivity index (χ3n) is 4.07. The Morgan fingerprint density at radius 1 is 1.07 bits per heavy atom. The van der Waals surface area contributed by atoms with Crippen molar-refractivity contribution >= 4 is 17.4 Å². The molecular formula is C21H18N4O2. The third-order valence-corrected chi connectivity index (χ3v) is 4.07. The first kappa shape index (κ1) is 18.0. The topological polar surface area (TPSA) is 101 Å². The van der Waals surface area contributed by atoms with Gasteiger partial charge in [-0.05, 0) is 74.0 Å². The van der Waals surface area contributed by atoms with E-state index in [2.05, 4.69) is 16.4 Å². The fraction of sp³-hybridized carbons (Fsp3) is 0.0952. The number of nitrogens with zero attached hydrogens (tertiary/aromatic N) is 2. The van der Waals surface area contributed by atoms with Crippen LogP contribution in [0.25, 0.3) is 0 Å². The number of nitriles is 1. The van der Waals surface area contributed by atoms with Gasteiger partial charge >= 0.3 is 0 Å². The first-order valence-corrected chi connectivity index (χ1v) is 8.29. The molecule has 27 heavy (non-hydrogen) atoms. The molecule has 0 spiro atoms. The van der Waals surface area contributed by atoms with Crippen molar-refractivity contribution in [3.8, 4) is 17.6 Å². The van der Waals surface area contributed by atoms with Crippen LogP contribution < -0.4 is 15.8 Å². The smallest absolute Gasteiger partial charge is 0.259 e. The molecule has 1 aromatic heterocycles. The number of pyridine rings is 1. The molecule has 3 rings (SSSR count). The molecule has 0 aliphatic rings. The van der Waals surface area contributed by atoms with Crippen LogP contribution in [0.2, 0.25) is 0 Å². The Kier molecular flexibility index (Phi) is 5.04. The maximum absolute atomic E-state index is 12.4. The second-order valence-corrected chi connectivity index (χ2v) is 6.04. The number of rotatable bonds is 4. The van der Waals surface area contributed by atoms with Crippen molar-refractivity contribution in [1.82, 2.24) is 4.98 Å². The molecule has 0 radical (unpaired) electrons. The second-order valence-electron chi connectivity index (χ2n) is 6.04. The van der Waals surface area contributed by atoms with E-state index in [4.69, 9.17) is 15.7 Å². The van der Waals surface area contributed by atoms with Crippen molar-refractivity contribution in [3.63, 3.8) is 0 Å². The van der Waals surface area contributed by atoms with E-state index in [0.717, 1.165) is 11.3 Å². The monoisotopic (exact) mass is 358 g/mol. The lowest BCUT2D eigenvalue weighted by atomic mass is 10.1. The number of nitrogens with two attached hydrogens (primary N) is 1. The van der Waals surface area contributed by atoms with Gasteiger partial charge in [0.1, 0.15) is 17.3 Å². The molecule has 0 saturated carbocycles. The molecule has 0 bridgehead atoms. The van der Waals surface area contributed by atoms with E-state index in [9.17, 15) is 4.79 Å². The van der Waals surface area contributed by atoms with Crippen LogP contribution in [0.15, 0.2) is 54.6 Å². The second kappa shape index (κ2) is 7.58. The minimum atomic E-state index is -0.316. The van der Waals surface area contributed by atoms with Gasteiger partial charge in [0.25, 0.3) is 5.91 Å². The fourth-order valence-electron chi connectivity index (χ4n) is 2.44. The van der Waals surface area contributed by atoms with Crippen LogP contribution in [0.3, 0.4) is 0 Å². The van der Waals surface area contributed by atoms with Gasteiger partial charge in [-0.2, -0.15) is 5.26 Å². The summed E-state index contributed by atoms with van der Waals surface area (Å²) >= 11 is 0. The summed E-state index contributed by atoms with van der Waals surface area (Å²) in [6.07, 6.45) is 0. The highest BCUT2D eigenvalue weighted by molar-refractivity contribution is 6.07. The number of anilines is 2. The van der Waals surface area contributed by atoms with Crippen LogP contribution in [0.4, 0.5) is 11.5 Å². The van der Waals surface area contributed by atoms with E-state index in [1.165, 1.54) is 0 Å². The lowest BCUT2D eigenvalue weighted by Gasteiger charge is -2.10. The quantitative estimate of drug-likeness (QED) is 0.728. The summed E-state index contributed by atoms with van der Waals surface area (Å²) in [7, 11) is 0. The van der Waals surface area contributed by atoms with E-state index in [1.54, 1.807) is 54.6 Å². The molecule has 3 aromatic rings. The molecule has 6 nitrogen and oxygen atoms in total. The Hall–Kier alpha value is -3.85. The zero-order valence-corrected chi connectivity index (χ0v) is 15.0. The SMILES string of the molecule is Cc1cc(C(=O)Nc2ccc(Oc3ccc(C#N)cc3)cc2)c(N)nc1C. The average molecular weight is 358 g/mol. The summed E-state index contributed by atoms with van der Waals surface area (Å²) < 4.78 is 5.72. The van der Waals surface area contributed by atoms with E-state index in [1.807, 2.05) is 13.8 Å². The maximum Gasteiger partial charge on any atom is 0.259 e. The van der Waals surface area contributed by atoms with Crippen LogP contribution in [-0.4, -0.2) is 10.9 Å². The molecule has 2 aromatic carbocycles. The summed E-state index contributed by atoms with van der Waals surface area (Å²) in [4.78, 5) is 16.6. The molecule has 0 aliphatic carbocycles. The number of amides is 1. The molecule has 1 amide bonds. The number of nitrogens with one attached hydrogen (secondary N) is 1. The van der Waals surface area contributed by atoms with Gasteiger partial charge in [0.2, 0.25) is 0 Å². The van der Waals surface area contributed by atoms with Gasteiger partial charge in [0.15, 0.2) is 0 Å². The lowest BCUT2D eigenvalue weighted by molar-refractivity contribution is 0.102. The van der Waals surface area contributed by atoms with Gasteiger partial charge < -0.3 is 15.8 Å². The normalized spacial score (nSPS) is 10.1. The van der Waals surface area contributed by atoms with Gasteiger partial charge in [-0.25, -0.2) is 4.98 Å². The molecule has 6 heteroatoms. The van der Waals surface area contributed by atoms with Crippen molar-refractivity contribution in [2.75, 3.05) is 11.1 Å². The minimum absolute atomic E-state index is 0.205. The number of carbonyl (C=O) groups excluding carboxylic acids is 1. The van der Waals surface area contributed by atoms with Crippen molar-refractivity contribution in [3.05, 3.63) is 77.0 Å². The van der Waals surface area contributed by atoms with E-state index >= 15 is 0 Å². The summed E-state index contributed by atoms with van der Waals surface area (Å²) in [6.45, 7) is 3.73. The highest BCUT2D eigenvalue weighted by atomic mass is 16.5. The van der Waals surface area contributed by atoms with Crippen LogP contribution >= 0.6 is 0 Å². The summed E-state index contributed by atoms with van der Waals surface area (Å²) in [5, 5.41) is 11.6. The van der Waals surface area contributed by atoms with Gasteiger partial charge in [-0.3, -0.25) is 4.79 Å². The molecule has 0 saturated heterocycles. The van der Waals surface area contributed by atoms with Crippen LogP contribution in [-0.2, 0) is 0 Å². The Morgan fingerprint density at radius 3 is 2.26 bits per heavy atom. The molecule has 0 aliphatic heterocycles. The number of carbonyl (C=O) groups is 1. The number of aromatic nitrogens is 1. The minimum Gasteiger partial charge on any atom is -0.457 e. The van der Waals surface area contributed by atoms with Crippen molar-refractivity contribution in [1.29, 1.82) is 5.26 Å². The summed E-state index contributed by atoms with van der Waals surface area (Å²) in [5.41, 5.74) is 9.10. The fourth-order valence-corrected chi connectivity index (χ4v) is 2.44. The Labute approximate surface area is 157 Å². The van der Waals surface area contributed by atoms with Crippen molar-refractivity contribution in [2.24, 2.45) is 0 Å². The van der Waals surface area contributed by atoms with E-state index in [0.29, 0.717) is 28.3 Å². The Bertz CT molecular complexity index is 1020. The van der Waals surface area contributed by atoms with Crippen LogP contribution in [0.1, 0.15) is 27.2 Å².